The predicted octanol–water partition coefficient (Wildman–Crippen LogP) is 1.67. The van der Waals surface area contributed by atoms with Crippen LogP contribution in [0.5, 0.6) is 0 Å². The molecule has 1 aromatic carbocycles. The first-order valence-electron chi connectivity index (χ1n) is 7.53. The van der Waals surface area contributed by atoms with Crippen LogP contribution in [0, 0.1) is 5.41 Å². The van der Waals surface area contributed by atoms with Gasteiger partial charge in [0.2, 0.25) is 5.95 Å². The Bertz CT molecular complexity index is 606. The van der Waals surface area contributed by atoms with Crippen molar-refractivity contribution in [2.45, 2.75) is 19.3 Å². The number of piperidine rings is 1. The highest BCUT2D eigenvalue weighted by molar-refractivity contribution is 5.41. The lowest BCUT2D eigenvalue weighted by Crippen LogP contribution is -2.44. The van der Waals surface area contributed by atoms with E-state index in [0.717, 1.165) is 44.4 Å². The Morgan fingerprint density at radius 1 is 1.14 bits per heavy atom. The topological polar surface area (TPSA) is 56.1 Å². The van der Waals surface area contributed by atoms with Gasteiger partial charge in [0.15, 0.2) is 0 Å². The standard InChI is InChI=1S/C15H19N5O/c1-2-5-13(6-3-1)20-14(16-17-18-20)19-9-4-7-15(11-19)8-10-21-12-15/h1-3,5-6H,4,7-12H2/t15-/m1/s1. The molecule has 0 bridgehead atoms. The lowest BCUT2D eigenvalue weighted by atomic mass is 9.79. The van der Waals surface area contributed by atoms with Crippen molar-refractivity contribution >= 4 is 5.95 Å². The first-order chi connectivity index (χ1) is 10.4. The third-order valence-electron chi connectivity index (χ3n) is 4.58. The molecule has 6 nitrogen and oxygen atoms in total. The zero-order chi connectivity index (χ0) is 14.1. The van der Waals surface area contributed by atoms with Crippen LogP contribution < -0.4 is 4.90 Å². The number of hydrogen-bond acceptors (Lipinski definition) is 5. The highest BCUT2D eigenvalue weighted by atomic mass is 16.5. The number of nitrogens with zero attached hydrogens (tertiary/aromatic N) is 5. The fourth-order valence-electron chi connectivity index (χ4n) is 3.47. The second-order valence-corrected chi connectivity index (χ2v) is 6.05. The molecular formula is C15H19N5O. The highest BCUT2D eigenvalue weighted by Gasteiger charge is 2.40. The van der Waals surface area contributed by atoms with Gasteiger partial charge in [-0.25, -0.2) is 0 Å². The molecule has 2 aromatic rings. The van der Waals surface area contributed by atoms with E-state index in [2.05, 4.69) is 20.4 Å². The zero-order valence-corrected chi connectivity index (χ0v) is 12.0. The van der Waals surface area contributed by atoms with E-state index < -0.39 is 0 Å². The third-order valence-corrected chi connectivity index (χ3v) is 4.58. The lowest BCUT2D eigenvalue weighted by molar-refractivity contribution is 0.139. The molecular weight excluding hydrogens is 266 g/mol. The minimum atomic E-state index is 0.297. The Balaban J connectivity index is 1.64. The number of rotatable bonds is 2. The summed E-state index contributed by atoms with van der Waals surface area (Å²) in [6, 6.07) is 10.1. The third kappa shape index (κ3) is 2.29. The van der Waals surface area contributed by atoms with Gasteiger partial charge in [0, 0.05) is 25.1 Å². The van der Waals surface area contributed by atoms with Gasteiger partial charge in [-0.2, -0.15) is 4.68 Å². The molecule has 1 spiro atoms. The molecule has 110 valence electrons. The largest absolute Gasteiger partial charge is 0.381 e. The summed E-state index contributed by atoms with van der Waals surface area (Å²) in [6.07, 6.45) is 3.57. The molecule has 1 atom stereocenters. The van der Waals surface area contributed by atoms with E-state index in [1.807, 2.05) is 35.0 Å². The number of ether oxygens (including phenoxy) is 1. The molecule has 4 rings (SSSR count). The van der Waals surface area contributed by atoms with Crippen LogP contribution in [-0.4, -0.2) is 46.5 Å². The molecule has 2 saturated heterocycles. The van der Waals surface area contributed by atoms with Gasteiger partial charge in [0.05, 0.1) is 12.3 Å². The Kier molecular flexibility index (Phi) is 3.11. The summed E-state index contributed by atoms with van der Waals surface area (Å²) in [6.45, 7) is 3.75. The molecule has 2 aliphatic heterocycles. The fraction of sp³-hybridized carbons (Fsp3) is 0.533. The average molecular weight is 285 g/mol. The summed E-state index contributed by atoms with van der Waals surface area (Å²) < 4.78 is 7.46. The molecule has 0 radical (unpaired) electrons. The Morgan fingerprint density at radius 3 is 2.86 bits per heavy atom. The van der Waals surface area contributed by atoms with Crippen molar-refractivity contribution in [1.82, 2.24) is 20.2 Å². The van der Waals surface area contributed by atoms with Crippen LogP contribution in [0.25, 0.3) is 5.69 Å². The van der Waals surface area contributed by atoms with E-state index in [9.17, 15) is 0 Å². The molecule has 1 aromatic heterocycles. The maximum Gasteiger partial charge on any atom is 0.250 e. The van der Waals surface area contributed by atoms with E-state index in [0.29, 0.717) is 5.41 Å². The number of benzene rings is 1. The molecule has 0 amide bonds. The Labute approximate surface area is 123 Å². The Hall–Kier alpha value is -1.95. The minimum absolute atomic E-state index is 0.297. The van der Waals surface area contributed by atoms with Crippen molar-refractivity contribution < 1.29 is 4.74 Å². The monoisotopic (exact) mass is 285 g/mol. The van der Waals surface area contributed by atoms with Gasteiger partial charge >= 0.3 is 0 Å². The second-order valence-electron chi connectivity index (χ2n) is 6.05. The fourth-order valence-corrected chi connectivity index (χ4v) is 3.47. The minimum Gasteiger partial charge on any atom is -0.381 e. The molecule has 6 heteroatoms. The van der Waals surface area contributed by atoms with Crippen LogP contribution in [0.15, 0.2) is 30.3 Å². The Morgan fingerprint density at radius 2 is 2.05 bits per heavy atom. The summed E-state index contributed by atoms with van der Waals surface area (Å²) in [5, 5.41) is 12.3. The van der Waals surface area contributed by atoms with Gasteiger partial charge in [-0.05, 0) is 41.8 Å². The van der Waals surface area contributed by atoms with E-state index in [1.165, 1.54) is 12.8 Å². The summed E-state index contributed by atoms with van der Waals surface area (Å²) in [4.78, 5) is 2.31. The first-order valence-corrected chi connectivity index (χ1v) is 7.53. The van der Waals surface area contributed by atoms with Crippen LogP contribution in [0.1, 0.15) is 19.3 Å². The van der Waals surface area contributed by atoms with Crippen LogP contribution in [0.4, 0.5) is 5.95 Å². The maximum absolute atomic E-state index is 5.63. The SMILES string of the molecule is c1ccc(-n2nnnc2N2CCC[C@@]3(CCOC3)C2)cc1. The molecule has 2 aliphatic rings. The van der Waals surface area contributed by atoms with E-state index >= 15 is 0 Å². The number of anilines is 1. The van der Waals surface area contributed by atoms with Gasteiger partial charge in [0.1, 0.15) is 0 Å². The summed E-state index contributed by atoms with van der Waals surface area (Å²) in [7, 11) is 0. The van der Waals surface area contributed by atoms with E-state index in [4.69, 9.17) is 4.74 Å². The number of hydrogen-bond donors (Lipinski definition) is 0. The zero-order valence-electron chi connectivity index (χ0n) is 12.0. The number of aromatic nitrogens is 4. The second kappa shape index (κ2) is 5.11. The molecule has 0 saturated carbocycles. The van der Waals surface area contributed by atoms with Crippen molar-refractivity contribution in [2.24, 2.45) is 5.41 Å². The summed E-state index contributed by atoms with van der Waals surface area (Å²) >= 11 is 0. The van der Waals surface area contributed by atoms with Crippen molar-refractivity contribution in [3.8, 4) is 5.69 Å². The molecule has 0 aliphatic carbocycles. The lowest BCUT2D eigenvalue weighted by Gasteiger charge is -2.39. The van der Waals surface area contributed by atoms with Crippen molar-refractivity contribution in [2.75, 3.05) is 31.2 Å². The van der Waals surface area contributed by atoms with Crippen molar-refractivity contribution in [3.05, 3.63) is 30.3 Å². The van der Waals surface area contributed by atoms with Crippen molar-refractivity contribution in [1.29, 1.82) is 0 Å². The van der Waals surface area contributed by atoms with Crippen molar-refractivity contribution in [3.63, 3.8) is 0 Å². The van der Waals surface area contributed by atoms with Crippen LogP contribution in [-0.2, 0) is 4.74 Å². The maximum atomic E-state index is 5.63. The van der Waals surface area contributed by atoms with Gasteiger partial charge < -0.3 is 9.64 Å². The number of para-hydroxylation sites is 1. The van der Waals surface area contributed by atoms with Gasteiger partial charge in [0.25, 0.3) is 0 Å². The quantitative estimate of drug-likeness (QED) is 0.840. The predicted molar refractivity (Wildman–Crippen MR) is 78.5 cm³/mol. The van der Waals surface area contributed by atoms with E-state index in [-0.39, 0.29) is 0 Å². The molecule has 3 heterocycles. The average Bonchev–Trinajstić information content (AvgIpc) is 3.18. The first kappa shape index (κ1) is 12.8. The summed E-state index contributed by atoms with van der Waals surface area (Å²) in [5.41, 5.74) is 1.30. The smallest absolute Gasteiger partial charge is 0.250 e. The van der Waals surface area contributed by atoms with Gasteiger partial charge in [-0.15, -0.1) is 0 Å². The van der Waals surface area contributed by atoms with Gasteiger partial charge in [-0.3, -0.25) is 0 Å². The van der Waals surface area contributed by atoms with E-state index in [1.54, 1.807) is 0 Å². The molecule has 0 unspecified atom stereocenters. The normalized spacial score (nSPS) is 25.6. The summed E-state index contributed by atoms with van der Waals surface area (Å²) in [5.74, 6) is 0.840. The molecule has 21 heavy (non-hydrogen) atoms. The van der Waals surface area contributed by atoms with Crippen LogP contribution >= 0.6 is 0 Å². The van der Waals surface area contributed by atoms with Gasteiger partial charge in [-0.1, -0.05) is 23.3 Å². The highest BCUT2D eigenvalue weighted by Crippen LogP contribution is 2.38. The van der Waals surface area contributed by atoms with Crippen LogP contribution in [0.3, 0.4) is 0 Å². The molecule has 2 fully saturated rings. The number of tetrazole rings is 1. The molecule has 0 N–H and O–H groups in total. The van der Waals surface area contributed by atoms with Crippen LogP contribution in [0.2, 0.25) is 0 Å².